The first-order valence-electron chi connectivity index (χ1n) is 6.14. The Morgan fingerprint density at radius 1 is 1.20 bits per heavy atom. The molecule has 2 amide bonds. The van der Waals surface area contributed by atoms with Crippen LogP contribution >= 0.6 is 0 Å². The first-order valence-corrected chi connectivity index (χ1v) is 6.14. The highest BCUT2D eigenvalue weighted by molar-refractivity contribution is 6.27. The summed E-state index contributed by atoms with van der Waals surface area (Å²) >= 11 is 0. The second kappa shape index (κ2) is 6.06. The number of hydrogen-bond acceptors (Lipinski definition) is 4. The molecule has 1 aliphatic heterocycles. The molecule has 2 rings (SSSR count). The van der Waals surface area contributed by atoms with E-state index in [1.165, 1.54) is 6.26 Å². The number of amides is 2. The minimum Gasteiger partial charge on any atom is -0.498 e. The van der Waals surface area contributed by atoms with Crippen molar-refractivity contribution in [3.05, 3.63) is 49.3 Å². The molecule has 1 saturated heterocycles. The van der Waals surface area contributed by atoms with Crippen LogP contribution in [0.15, 0.2) is 49.3 Å². The lowest BCUT2D eigenvalue weighted by atomic mass is 10.2. The smallest absolute Gasteiger partial charge is 0.260 e. The quantitative estimate of drug-likeness (QED) is 0.344. The molecule has 0 unspecified atom stereocenters. The van der Waals surface area contributed by atoms with E-state index in [-0.39, 0.29) is 18.2 Å². The van der Waals surface area contributed by atoms with Crippen LogP contribution in [-0.4, -0.2) is 25.0 Å². The van der Waals surface area contributed by atoms with Gasteiger partial charge in [0.1, 0.15) is 19.0 Å². The van der Waals surface area contributed by atoms with Crippen molar-refractivity contribution in [3.63, 3.8) is 0 Å². The molecule has 0 aliphatic carbocycles. The van der Waals surface area contributed by atoms with Gasteiger partial charge in [-0.05, 0) is 24.3 Å². The minimum absolute atomic E-state index is 0.0793. The number of ether oxygens (including phenoxy) is 2. The Bertz CT molecular complexity index is 547. The van der Waals surface area contributed by atoms with Crippen molar-refractivity contribution in [2.75, 3.05) is 18.1 Å². The fourth-order valence-corrected chi connectivity index (χ4v) is 1.85. The topological polar surface area (TPSA) is 55.8 Å². The lowest BCUT2D eigenvalue weighted by Crippen LogP contribution is -2.28. The number of nitrogens with zero attached hydrogens (tertiary/aromatic N) is 1. The number of hydrogen-bond donors (Lipinski definition) is 0. The van der Waals surface area contributed by atoms with E-state index >= 15 is 0 Å². The zero-order valence-electron chi connectivity index (χ0n) is 11.0. The van der Waals surface area contributed by atoms with Gasteiger partial charge in [-0.25, -0.2) is 4.90 Å². The van der Waals surface area contributed by atoms with E-state index in [0.717, 1.165) is 4.90 Å². The van der Waals surface area contributed by atoms with Crippen LogP contribution in [0.5, 0.6) is 5.75 Å². The van der Waals surface area contributed by atoms with Crippen LogP contribution in [0.1, 0.15) is 6.42 Å². The van der Waals surface area contributed by atoms with E-state index in [1.54, 1.807) is 24.3 Å². The molecule has 20 heavy (non-hydrogen) atoms. The van der Waals surface area contributed by atoms with E-state index in [1.807, 2.05) is 0 Å². The van der Waals surface area contributed by atoms with Gasteiger partial charge in [0.05, 0.1) is 18.4 Å². The summed E-state index contributed by atoms with van der Waals surface area (Å²) in [7, 11) is 0. The zero-order valence-corrected chi connectivity index (χ0v) is 11.0. The van der Waals surface area contributed by atoms with Gasteiger partial charge in [0, 0.05) is 5.57 Å². The summed E-state index contributed by atoms with van der Waals surface area (Å²) in [6.45, 7) is 7.81. The Morgan fingerprint density at radius 2 is 1.90 bits per heavy atom. The fraction of sp³-hybridized carbons (Fsp3) is 0.200. The van der Waals surface area contributed by atoms with Gasteiger partial charge in [-0.3, -0.25) is 9.59 Å². The van der Waals surface area contributed by atoms with Gasteiger partial charge in [-0.1, -0.05) is 13.2 Å². The van der Waals surface area contributed by atoms with Gasteiger partial charge < -0.3 is 9.47 Å². The van der Waals surface area contributed by atoms with Crippen molar-refractivity contribution in [2.45, 2.75) is 6.42 Å². The van der Waals surface area contributed by atoms with Crippen LogP contribution in [0.4, 0.5) is 5.69 Å². The summed E-state index contributed by atoms with van der Waals surface area (Å²) in [5.41, 5.74) is 0.838. The van der Waals surface area contributed by atoms with Crippen molar-refractivity contribution in [1.82, 2.24) is 0 Å². The number of carbonyl (C=O) groups excluding carboxylic acids is 2. The Morgan fingerprint density at radius 3 is 2.45 bits per heavy atom. The third kappa shape index (κ3) is 2.88. The maximum absolute atomic E-state index is 11.8. The maximum atomic E-state index is 11.8. The molecule has 5 nitrogen and oxygen atoms in total. The molecular weight excluding hydrogens is 258 g/mol. The molecule has 1 aromatic rings. The van der Waals surface area contributed by atoms with Gasteiger partial charge >= 0.3 is 0 Å². The molecule has 5 heteroatoms. The molecule has 1 aliphatic rings. The summed E-state index contributed by atoms with van der Waals surface area (Å²) < 4.78 is 10.4. The van der Waals surface area contributed by atoms with Gasteiger partial charge in [-0.2, -0.15) is 0 Å². The summed E-state index contributed by atoms with van der Waals surface area (Å²) in [6.07, 6.45) is 1.43. The third-order valence-electron chi connectivity index (χ3n) is 2.80. The predicted molar refractivity (Wildman–Crippen MR) is 74.3 cm³/mol. The molecule has 0 aromatic heterocycles. The molecule has 0 saturated carbocycles. The maximum Gasteiger partial charge on any atom is 0.260 e. The van der Waals surface area contributed by atoms with Crippen molar-refractivity contribution < 1.29 is 19.1 Å². The second-order valence-corrected chi connectivity index (χ2v) is 4.19. The van der Waals surface area contributed by atoms with E-state index in [9.17, 15) is 9.59 Å². The molecule has 0 spiro atoms. The third-order valence-corrected chi connectivity index (χ3v) is 2.80. The summed E-state index contributed by atoms with van der Waals surface area (Å²) in [6, 6.07) is 6.73. The Kier molecular flexibility index (Phi) is 4.20. The first kappa shape index (κ1) is 13.9. The lowest BCUT2D eigenvalue weighted by molar-refractivity contribution is -0.120. The van der Waals surface area contributed by atoms with Crippen molar-refractivity contribution >= 4 is 17.5 Å². The largest absolute Gasteiger partial charge is 0.498 e. The monoisotopic (exact) mass is 273 g/mol. The van der Waals surface area contributed by atoms with Crippen LogP contribution < -0.4 is 9.64 Å². The standard InChI is InChI=1S/C15H15NO4/c1-3-19-8-9-20-13-6-4-12(5-7-13)16-14(17)10-11(2)15(16)18/h3-7H,1-2,8-10H2. The van der Waals surface area contributed by atoms with Crippen molar-refractivity contribution in [3.8, 4) is 5.75 Å². The lowest BCUT2D eigenvalue weighted by Gasteiger charge is -2.14. The Labute approximate surface area is 117 Å². The van der Waals surface area contributed by atoms with Gasteiger partial charge in [0.25, 0.3) is 5.91 Å². The highest BCUT2D eigenvalue weighted by Gasteiger charge is 2.33. The molecule has 0 atom stereocenters. The number of rotatable bonds is 6. The molecule has 1 aromatic carbocycles. The highest BCUT2D eigenvalue weighted by atomic mass is 16.5. The van der Waals surface area contributed by atoms with Gasteiger partial charge in [0.2, 0.25) is 5.91 Å². The van der Waals surface area contributed by atoms with E-state index in [4.69, 9.17) is 9.47 Å². The highest BCUT2D eigenvalue weighted by Crippen LogP contribution is 2.26. The van der Waals surface area contributed by atoms with Crippen molar-refractivity contribution in [1.29, 1.82) is 0 Å². The molecule has 1 heterocycles. The molecular formula is C15H15NO4. The fourth-order valence-electron chi connectivity index (χ4n) is 1.85. The normalized spacial score (nSPS) is 14.6. The molecule has 0 N–H and O–H groups in total. The summed E-state index contributed by atoms with van der Waals surface area (Å²) in [5, 5.41) is 0. The van der Waals surface area contributed by atoms with Crippen LogP contribution in [0.25, 0.3) is 0 Å². The van der Waals surface area contributed by atoms with Gasteiger partial charge in [0.15, 0.2) is 0 Å². The average Bonchev–Trinajstić information content (AvgIpc) is 2.69. The Balaban J connectivity index is 2.01. The zero-order chi connectivity index (χ0) is 14.5. The van der Waals surface area contributed by atoms with E-state index in [0.29, 0.717) is 30.2 Å². The van der Waals surface area contributed by atoms with Crippen LogP contribution in [0, 0.1) is 0 Å². The minimum atomic E-state index is -0.344. The molecule has 0 bridgehead atoms. The number of anilines is 1. The Hall–Kier alpha value is -2.56. The number of imide groups is 1. The molecule has 104 valence electrons. The van der Waals surface area contributed by atoms with Crippen LogP contribution in [-0.2, 0) is 14.3 Å². The summed E-state index contributed by atoms with van der Waals surface area (Å²) in [5.74, 6) is 0.0374. The first-order chi connectivity index (χ1) is 9.63. The SMILES string of the molecule is C=COCCOc1ccc(N2C(=O)CC(=C)C2=O)cc1. The molecule has 0 radical (unpaired) electrons. The number of benzene rings is 1. The predicted octanol–water partition coefficient (Wildman–Crippen LogP) is 2.04. The molecule has 1 fully saturated rings. The van der Waals surface area contributed by atoms with Crippen LogP contribution in [0.3, 0.4) is 0 Å². The van der Waals surface area contributed by atoms with Gasteiger partial charge in [-0.15, -0.1) is 0 Å². The summed E-state index contributed by atoms with van der Waals surface area (Å²) in [4.78, 5) is 24.6. The van der Waals surface area contributed by atoms with Crippen LogP contribution in [0.2, 0.25) is 0 Å². The van der Waals surface area contributed by atoms with E-state index < -0.39 is 0 Å². The average molecular weight is 273 g/mol. The second-order valence-electron chi connectivity index (χ2n) is 4.19. The van der Waals surface area contributed by atoms with Crippen molar-refractivity contribution in [2.24, 2.45) is 0 Å². The number of carbonyl (C=O) groups is 2. The van der Waals surface area contributed by atoms with E-state index in [2.05, 4.69) is 13.2 Å².